The van der Waals surface area contributed by atoms with Crippen molar-refractivity contribution in [2.45, 2.75) is 39.2 Å². The lowest BCUT2D eigenvalue weighted by molar-refractivity contribution is 0.346. The van der Waals surface area contributed by atoms with Crippen molar-refractivity contribution >= 4 is 15.9 Å². The van der Waals surface area contributed by atoms with Crippen LogP contribution in [0.15, 0.2) is 27.2 Å². The Morgan fingerprint density at radius 3 is 2.89 bits per heavy atom. The second-order valence-corrected chi connectivity index (χ2v) is 5.58. The highest BCUT2D eigenvalue weighted by Crippen LogP contribution is 2.25. The maximum atomic E-state index is 6.03. The number of unbranched alkanes of at least 4 members (excludes halogenated alkanes) is 1. The highest BCUT2D eigenvalue weighted by Gasteiger charge is 2.16. The first kappa shape index (κ1) is 14.2. The van der Waals surface area contributed by atoms with E-state index in [1.165, 1.54) is 0 Å². The fourth-order valence-electron chi connectivity index (χ4n) is 1.92. The van der Waals surface area contributed by atoms with Crippen molar-refractivity contribution in [3.8, 4) is 11.4 Å². The van der Waals surface area contributed by atoms with Crippen molar-refractivity contribution in [3.05, 3.63) is 34.1 Å². The predicted octanol–water partition coefficient (Wildman–Crippen LogP) is 4.00. The van der Waals surface area contributed by atoms with E-state index in [1.54, 1.807) is 0 Å². The van der Waals surface area contributed by atoms with Crippen molar-refractivity contribution in [2.24, 2.45) is 5.73 Å². The van der Waals surface area contributed by atoms with Crippen LogP contribution in [0.1, 0.15) is 43.7 Å². The number of aryl methyl sites for hydroxylation is 1. The molecular weight excluding hydrogens is 306 g/mol. The number of rotatable bonds is 5. The summed E-state index contributed by atoms with van der Waals surface area (Å²) in [4.78, 5) is 4.41. The third-order valence-electron chi connectivity index (χ3n) is 3.06. The standard InChI is InChI=1S/C14H18BrN3O/c1-3-4-5-12(16)14-17-13(18-19-14)11-7-6-10(15)8-9(11)2/h6-8,12H,3-5,16H2,1-2H3. The third kappa shape index (κ3) is 3.42. The van der Waals surface area contributed by atoms with Gasteiger partial charge in [-0.2, -0.15) is 4.98 Å². The van der Waals surface area contributed by atoms with Gasteiger partial charge in [0.05, 0.1) is 6.04 Å². The smallest absolute Gasteiger partial charge is 0.243 e. The van der Waals surface area contributed by atoms with Gasteiger partial charge in [-0.3, -0.25) is 0 Å². The van der Waals surface area contributed by atoms with E-state index in [4.69, 9.17) is 10.3 Å². The van der Waals surface area contributed by atoms with Crippen LogP contribution in [0.3, 0.4) is 0 Å². The van der Waals surface area contributed by atoms with Gasteiger partial charge < -0.3 is 10.3 Å². The molecule has 0 spiro atoms. The molecular formula is C14H18BrN3O. The van der Waals surface area contributed by atoms with Crippen LogP contribution >= 0.6 is 15.9 Å². The predicted molar refractivity (Wildman–Crippen MR) is 78.6 cm³/mol. The monoisotopic (exact) mass is 323 g/mol. The van der Waals surface area contributed by atoms with Gasteiger partial charge >= 0.3 is 0 Å². The number of hydrogen-bond donors (Lipinski definition) is 1. The zero-order valence-electron chi connectivity index (χ0n) is 11.2. The van der Waals surface area contributed by atoms with E-state index in [9.17, 15) is 0 Å². The van der Waals surface area contributed by atoms with Gasteiger partial charge in [-0.05, 0) is 37.1 Å². The molecule has 5 heteroatoms. The molecule has 2 N–H and O–H groups in total. The van der Waals surface area contributed by atoms with Gasteiger partial charge in [0.1, 0.15) is 0 Å². The fourth-order valence-corrected chi connectivity index (χ4v) is 2.40. The Kier molecular flexibility index (Phi) is 4.71. The largest absolute Gasteiger partial charge is 0.337 e. The second kappa shape index (κ2) is 6.30. The van der Waals surface area contributed by atoms with E-state index in [-0.39, 0.29) is 6.04 Å². The van der Waals surface area contributed by atoms with Crippen LogP contribution in [0.4, 0.5) is 0 Å². The average Bonchev–Trinajstić information content (AvgIpc) is 2.85. The molecule has 4 nitrogen and oxygen atoms in total. The van der Waals surface area contributed by atoms with Crippen LogP contribution in [0.5, 0.6) is 0 Å². The molecule has 1 atom stereocenters. The molecule has 0 saturated carbocycles. The van der Waals surface area contributed by atoms with Crippen molar-refractivity contribution in [1.82, 2.24) is 10.1 Å². The maximum absolute atomic E-state index is 6.03. The first-order chi connectivity index (χ1) is 9.11. The Hall–Kier alpha value is -1.20. The minimum absolute atomic E-state index is 0.169. The Bertz CT molecular complexity index is 553. The summed E-state index contributed by atoms with van der Waals surface area (Å²) in [5.74, 6) is 1.12. The van der Waals surface area contributed by atoms with E-state index >= 15 is 0 Å². The number of halogens is 1. The zero-order valence-corrected chi connectivity index (χ0v) is 12.8. The number of benzene rings is 1. The van der Waals surface area contributed by atoms with Gasteiger partial charge in [-0.25, -0.2) is 0 Å². The summed E-state index contributed by atoms with van der Waals surface area (Å²) < 4.78 is 6.30. The van der Waals surface area contributed by atoms with Crippen LogP contribution in [-0.4, -0.2) is 10.1 Å². The third-order valence-corrected chi connectivity index (χ3v) is 3.55. The first-order valence-electron chi connectivity index (χ1n) is 6.47. The highest BCUT2D eigenvalue weighted by molar-refractivity contribution is 9.10. The summed E-state index contributed by atoms with van der Waals surface area (Å²) in [6.45, 7) is 4.16. The summed E-state index contributed by atoms with van der Waals surface area (Å²) in [6.07, 6.45) is 3.05. The quantitative estimate of drug-likeness (QED) is 0.903. The molecule has 19 heavy (non-hydrogen) atoms. The summed E-state index contributed by atoms with van der Waals surface area (Å²) in [6, 6.07) is 5.81. The molecule has 1 aromatic heterocycles. The normalized spacial score (nSPS) is 12.6. The lowest BCUT2D eigenvalue weighted by atomic mass is 10.1. The van der Waals surface area contributed by atoms with Crippen molar-refractivity contribution < 1.29 is 4.52 Å². The molecule has 0 saturated heterocycles. The lowest BCUT2D eigenvalue weighted by Crippen LogP contribution is -2.10. The molecule has 1 aromatic carbocycles. The molecule has 0 amide bonds. The molecule has 0 radical (unpaired) electrons. The van der Waals surface area contributed by atoms with Gasteiger partial charge in [-0.15, -0.1) is 0 Å². The lowest BCUT2D eigenvalue weighted by Gasteiger charge is -2.04. The minimum Gasteiger partial charge on any atom is -0.337 e. The molecule has 1 unspecified atom stereocenters. The van der Waals surface area contributed by atoms with Gasteiger partial charge in [0, 0.05) is 10.0 Å². The van der Waals surface area contributed by atoms with Crippen molar-refractivity contribution in [2.75, 3.05) is 0 Å². The SMILES string of the molecule is CCCCC(N)c1nc(-c2ccc(Br)cc2C)no1. The Morgan fingerprint density at radius 2 is 2.21 bits per heavy atom. The van der Waals surface area contributed by atoms with Gasteiger partial charge in [0.2, 0.25) is 11.7 Å². The Labute approximate surface area is 121 Å². The summed E-state index contributed by atoms with van der Waals surface area (Å²) in [5.41, 5.74) is 8.10. The molecule has 0 aliphatic carbocycles. The van der Waals surface area contributed by atoms with Gasteiger partial charge in [0.15, 0.2) is 0 Å². The van der Waals surface area contributed by atoms with Crippen molar-refractivity contribution in [1.29, 1.82) is 0 Å². The van der Waals surface area contributed by atoms with Gasteiger partial charge in [0.25, 0.3) is 0 Å². The van der Waals surface area contributed by atoms with Crippen LogP contribution in [0.2, 0.25) is 0 Å². The number of nitrogens with two attached hydrogens (primary N) is 1. The fraction of sp³-hybridized carbons (Fsp3) is 0.429. The Balaban J connectivity index is 2.20. The zero-order chi connectivity index (χ0) is 13.8. The van der Waals surface area contributed by atoms with Crippen molar-refractivity contribution in [3.63, 3.8) is 0 Å². The summed E-state index contributed by atoms with van der Waals surface area (Å²) in [5, 5.41) is 4.02. The van der Waals surface area contributed by atoms with Gasteiger partial charge in [-0.1, -0.05) is 40.9 Å². The minimum atomic E-state index is -0.169. The number of hydrogen-bond acceptors (Lipinski definition) is 4. The maximum Gasteiger partial charge on any atom is 0.243 e. The molecule has 0 aliphatic rings. The number of nitrogens with zero attached hydrogens (tertiary/aromatic N) is 2. The molecule has 0 aliphatic heterocycles. The average molecular weight is 324 g/mol. The molecule has 102 valence electrons. The van der Waals surface area contributed by atoms with E-state index in [0.717, 1.165) is 34.9 Å². The molecule has 2 aromatic rings. The van der Waals surface area contributed by atoms with Crippen LogP contribution < -0.4 is 5.73 Å². The molecule has 0 bridgehead atoms. The summed E-state index contributed by atoms with van der Waals surface area (Å²) >= 11 is 3.44. The molecule has 0 fully saturated rings. The summed E-state index contributed by atoms with van der Waals surface area (Å²) in [7, 11) is 0. The Morgan fingerprint density at radius 1 is 1.42 bits per heavy atom. The topological polar surface area (TPSA) is 64.9 Å². The van der Waals surface area contributed by atoms with E-state index < -0.39 is 0 Å². The van der Waals surface area contributed by atoms with Crippen LogP contribution in [-0.2, 0) is 0 Å². The second-order valence-electron chi connectivity index (χ2n) is 4.66. The van der Waals surface area contributed by atoms with E-state index in [2.05, 4.69) is 33.0 Å². The van der Waals surface area contributed by atoms with E-state index in [0.29, 0.717) is 11.7 Å². The first-order valence-corrected chi connectivity index (χ1v) is 7.26. The number of aromatic nitrogens is 2. The highest BCUT2D eigenvalue weighted by atomic mass is 79.9. The van der Waals surface area contributed by atoms with Crippen LogP contribution in [0, 0.1) is 6.92 Å². The van der Waals surface area contributed by atoms with E-state index in [1.807, 2.05) is 25.1 Å². The van der Waals surface area contributed by atoms with Crippen LogP contribution in [0.25, 0.3) is 11.4 Å². The molecule has 1 heterocycles. The molecule has 2 rings (SSSR count).